The predicted molar refractivity (Wildman–Crippen MR) is 96.2 cm³/mol. The number of oxazole rings is 1. The molecule has 1 heterocycles. The van der Waals surface area contributed by atoms with Gasteiger partial charge in [0.2, 0.25) is 5.89 Å². The molecule has 0 bridgehead atoms. The Kier molecular flexibility index (Phi) is 8.02. The minimum Gasteiger partial charge on any atom is -0.444 e. The molecule has 5 nitrogen and oxygen atoms in total. The van der Waals surface area contributed by atoms with Crippen molar-refractivity contribution in [3.8, 4) is 11.5 Å². The summed E-state index contributed by atoms with van der Waals surface area (Å²) in [6.07, 6.45) is -3.61. The van der Waals surface area contributed by atoms with Crippen molar-refractivity contribution in [1.82, 2.24) is 15.6 Å². The highest BCUT2D eigenvalue weighted by Crippen LogP contribution is 2.18. The molecule has 2 aromatic rings. The van der Waals surface area contributed by atoms with Gasteiger partial charge < -0.3 is 15.1 Å². The first-order valence-electron chi connectivity index (χ1n) is 6.99. The summed E-state index contributed by atoms with van der Waals surface area (Å²) in [4.78, 5) is 8.17. The second kappa shape index (κ2) is 9.50. The topological polar surface area (TPSA) is 62.5 Å². The number of hydrogen-bond donors (Lipinski definition) is 2. The van der Waals surface area contributed by atoms with Crippen LogP contribution in [0.25, 0.3) is 11.5 Å². The number of alkyl halides is 3. The van der Waals surface area contributed by atoms with Gasteiger partial charge in [-0.05, 0) is 12.1 Å². The van der Waals surface area contributed by atoms with Crippen molar-refractivity contribution in [1.29, 1.82) is 0 Å². The van der Waals surface area contributed by atoms with Crippen molar-refractivity contribution < 1.29 is 17.6 Å². The quantitative estimate of drug-likeness (QED) is 0.412. The lowest BCUT2D eigenvalue weighted by atomic mass is 10.2. The highest BCUT2D eigenvalue weighted by atomic mass is 127. The molecule has 0 atom stereocenters. The van der Waals surface area contributed by atoms with Crippen LogP contribution in [0.15, 0.2) is 46.0 Å². The Morgan fingerprint density at radius 3 is 2.54 bits per heavy atom. The van der Waals surface area contributed by atoms with E-state index in [0.29, 0.717) is 18.1 Å². The summed E-state index contributed by atoms with van der Waals surface area (Å²) in [5.74, 6) is 0.765. The first-order chi connectivity index (χ1) is 11.0. The monoisotopic (exact) mass is 454 g/mol. The van der Waals surface area contributed by atoms with Crippen molar-refractivity contribution >= 4 is 29.9 Å². The summed E-state index contributed by atoms with van der Waals surface area (Å²) >= 11 is 0. The summed E-state index contributed by atoms with van der Waals surface area (Å²) < 4.78 is 41.7. The molecule has 132 valence electrons. The maximum absolute atomic E-state index is 12.1. The number of hydrogen-bond acceptors (Lipinski definition) is 3. The SMILES string of the molecule is CN=C(NCCC(F)(F)F)NCc1coc(-c2ccccc2)n1.I. The zero-order valence-electron chi connectivity index (χ0n) is 12.9. The molecular weight excluding hydrogens is 436 g/mol. The Morgan fingerprint density at radius 2 is 1.92 bits per heavy atom. The average Bonchev–Trinajstić information content (AvgIpc) is 2.99. The number of aromatic nitrogens is 1. The van der Waals surface area contributed by atoms with Gasteiger partial charge in [0.15, 0.2) is 5.96 Å². The van der Waals surface area contributed by atoms with Gasteiger partial charge in [-0.3, -0.25) is 4.99 Å². The lowest BCUT2D eigenvalue weighted by molar-refractivity contribution is -0.132. The molecule has 24 heavy (non-hydrogen) atoms. The van der Waals surface area contributed by atoms with Crippen LogP contribution in [0.4, 0.5) is 13.2 Å². The summed E-state index contributed by atoms with van der Waals surface area (Å²) in [6, 6.07) is 9.40. The van der Waals surface area contributed by atoms with Crippen LogP contribution in [0.5, 0.6) is 0 Å². The van der Waals surface area contributed by atoms with Gasteiger partial charge in [-0.15, -0.1) is 24.0 Å². The number of rotatable bonds is 5. The van der Waals surface area contributed by atoms with Crippen LogP contribution in [-0.2, 0) is 6.54 Å². The van der Waals surface area contributed by atoms with E-state index in [0.717, 1.165) is 5.56 Å². The third-order valence-corrected chi connectivity index (χ3v) is 2.93. The molecule has 0 unspecified atom stereocenters. The standard InChI is InChI=1S/C15H17F3N4O.HI/c1-19-14(20-8-7-15(16,17)18)21-9-12-10-23-13(22-12)11-5-3-2-4-6-11;/h2-6,10H,7-9H2,1H3,(H2,19,20,21);1H. The van der Waals surface area contributed by atoms with Crippen LogP contribution in [0.2, 0.25) is 0 Å². The number of nitrogens with one attached hydrogen (secondary N) is 2. The highest BCUT2D eigenvalue weighted by Gasteiger charge is 2.26. The molecule has 1 aromatic heterocycles. The molecule has 0 aliphatic rings. The zero-order chi connectivity index (χ0) is 16.7. The van der Waals surface area contributed by atoms with E-state index in [4.69, 9.17) is 4.42 Å². The molecule has 0 amide bonds. The molecule has 0 fully saturated rings. The van der Waals surface area contributed by atoms with Crippen LogP contribution in [0.3, 0.4) is 0 Å². The normalized spacial score (nSPS) is 11.8. The molecule has 0 saturated carbocycles. The Morgan fingerprint density at radius 1 is 1.21 bits per heavy atom. The molecule has 9 heteroatoms. The summed E-state index contributed by atoms with van der Waals surface area (Å²) in [5.41, 5.74) is 1.48. The molecule has 0 aliphatic carbocycles. The van der Waals surface area contributed by atoms with E-state index in [9.17, 15) is 13.2 Å². The Labute approximate surface area is 154 Å². The summed E-state index contributed by atoms with van der Waals surface area (Å²) in [7, 11) is 1.49. The van der Waals surface area contributed by atoms with Crippen molar-refractivity contribution in [2.45, 2.75) is 19.1 Å². The van der Waals surface area contributed by atoms with Gasteiger partial charge in [-0.2, -0.15) is 13.2 Å². The van der Waals surface area contributed by atoms with E-state index < -0.39 is 12.6 Å². The molecule has 0 radical (unpaired) electrons. The van der Waals surface area contributed by atoms with Crippen LogP contribution < -0.4 is 10.6 Å². The van der Waals surface area contributed by atoms with Gasteiger partial charge in [0, 0.05) is 19.2 Å². The van der Waals surface area contributed by atoms with Crippen molar-refractivity contribution in [3.05, 3.63) is 42.3 Å². The van der Waals surface area contributed by atoms with Gasteiger partial charge in [-0.1, -0.05) is 18.2 Å². The largest absolute Gasteiger partial charge is 0.444 e. The predicted octanol–water partition coefficient (Wildman–Crippen LogP) is 3.58. The van der Waals surface area contributed by atoms with E-state index in [2.05, 4.69) is 20.6 Å². The van der Waals surface area contributed by atoms with Gasteiger partial charge in [-0.25, -0.2) is 4.98 Å². The Bertz CT molecular complexity index is 644. The van der Waals surface area contributed by atoms with E-state index in [1.165, 1.54) is 13.3 Å². The summed E-state index contributed by atoms with van der Waals surface area (Å²) in [6.45, 7) is 0.0548. The Hall–Kier alpha value is -1.78. The lowest BCUT2D eigenvalue weighted by Gasteiger charge is -2.11. The first-order valence-corrected chi connectivity index (χ1v) is 6.99. The molecule has 0 saturated heterocycles. The van der Waals surface area contributed by atoms with Crippen LogP contribution >= 0.6 is 24.0 Å². The number of aliphatic imine (C=N–C) groups is 1. The lowest BCUT2D eigenvalue weighted by Crippen LogP contribution is -2.38. The fourth-order valence-electron chi connectivity index (χ4n) is 1.82. The van der Waals surface area contributed by atoms with E-state index in [1.807, 2.05) is 30.3 Å². The third-order valence-electron chi connectivity index (χ3n) is 2.93. The molecular formula is C15H18F3IN4O. The van der Waals surface area contributed by atoms with E-state index in [-0.39, 0.29) is 36.5 Å². The molecule has 0 spiro atoms. The molecule has 2 rings (SSSR count). The second-order valence-corrected chi connectivity index (χ2v) is 4.73. The van der Waals surface area contributed by atoms with E-state index >= 15 is 0 Å². The third kappa shape index (κ3) is 6.77. The van der Waals surface area contributed by atoms with Crippen LogP contribution in [0, 0.1) is 0 Å². The van der Waals surface area contributed by atoms with Gasteiger partial charge >= 0.3 is 6.18 Å². The van der Waals surface area contributed by atoms with Crippen molar-refractivity contribution in [2.75, 3.05) is 13.6 Å². The fraction of sp³-hybridized carbons (Fsp3) is 0.333. The van der Waals surface area contributed by atoms with Crippen LogP contribution in [0.1, 0.15) is 12.1 Å². The van der Waals surface area contributed by atoms with Crippen molar-refractivity contribution in [3.63, 3.8) is 0 Å². The minimum atomic E-state index is -4.19. The average molecular weight is 454 g/mol. The van der Waals surface area contributed by atoms with Gasteiger partial charge in [0.1, 0.15) is 6.26 Å². The van der Waals surface area contributed by atoms with Gasteiger partial charge in [0.05, 0.1) is 18.7 Å². The molecule has 2 N–H and O–H groups in total. The molecule has 1 aromatic carbocycles. The molecule has 0 aliphatic heterocycles. The zero-order valence-corrected chi connectivity index (χ0v) is 15.3. The number of halogens is 4. The van der Waals surface area contributed by atoms with Gasteiger partial charge in [0.25, 0.3) is 0 Å². The summed E-state index contributed by atoms with van der Waals surface area (Å²) in [5, 5.41) is 5.48. The van der Waals surface area contributed by atoms with E-state index in [1.54, 1.807) is 0 Å². The maximum atomic E-state index is 12.1. The first kappa shape index (κ1) is 20.3. The number of nitrogens with zero attached hydrogens (tertiary/aromatic N) is 2. The maximum Gasteiger partial charge on any atom is 0.390 e. The minimum absolute atomic E-state index is 0. The number of benzene rings is 1. The van der Waals surface area contributed by atoms with Crippen molar-refractivity contribution in [2.24, 2.45) is 4.99 Å². The number of guanidine groups is 1. The smallest absolute Gasteiger partial charge is 0.390 e. The Balaban J connectivity index is 0.00000288. The highest BCUT2D eigenvalue weighted by molar-refractivity contribution is 14.0. The van der Waals surface area contributed by atoms with Crippen LogP contribution in [-0.4, -0.2) is 30.7 Å². The second-order valence-electron chi connectivity index (χ2n) is 4.73. The fourth-order valence-corrected chi connectivity index (χ4v) is 1.82.